The molecule has 2 rings (SSSR count). The maximum atomic E-state index is 12.3. The fraction of sp³-hybridized carbons (Fsp3) is 0.526. The van der Waals surface area contributed by atoms with E-state index in [9.17, 15) is 14.4 Å². The van der Waals surface area contributed by atoms with Gasteiger partial charge in [0.25, 0.3) is 11.8 Å². The quantitative estimate of drug-likeness (QED) is 0.509. The lowest BCUT2D eigenvalue weighted by Crippen LogP contribution is -2.46. The lowest BCUT2D eigenvalue weighted by molar-refractivity contribution is -0.144. The van der Waals surface area contributed by atoms with Gasteiger partial charge in [-0.25, -0.2) is 4.79 Å². The summed E-state index contributed by atoms with van der Waals surface area (Å²) in [6, 6.07) is 8.64. The number of nitrogens with one attached hydrogen (secondary N) is 2. The van der Waals surface area contributed by atoms with Crippen molar-refractivity contribution >= 4 is 17.8 Å². The van der Waals surface area contributed by atoms with E-state index in [1.807, 2.05) is 19.9 Å². The molecule has 1 aliphatic rings. The van der Waals surface area contributed by atoms with Crippen LogP contribution in [0.4, 0.5) is 0 Å². The van der Waals surface area contributed by atoms with Gasteiger partial charge in [0.1, 0.15) is 0 Å². The van der Waals surface area contributed by atoms with E-state index in [-0.39, 0.29) is 24.5 Å². The number of rotatable bonds is 9. The van der Waals surface area contributed by atoms with Gasteiger partial charge in [-0.15, -0.1) is 0 Å². The van der Waals surface area contributed by atoms with Gasteiger partial charge in [-0.3, -0.25) is 9.59 Å². The number of carbonyl (C=O) groups is 3. The van der Waals surface area contributed by atoms with Crippen LogP contribution in [0.15, 0.2) is 30.3 Å². The molecule has 7 nitrogen and oxygen atoms in total. The van der Waals surface area contributed by atoms with E-state index in [4.69, 9.17) is 9.47 Å². The molecule has 1 aromatic carbocycles. The van der Waals surface area contributed by atoms with Gasteiger partial charge in [-0.05, 0) is 31.4 Å². The Bertz CT molecular complexity index is 632. The summed E-state index contributed by atoms with van der Waals surface area (Å²) in [7, 11) is 0. The van der Waals surface area contributed by atoms with Crippen molar-refractivity contribution in [2.45, 2.75) is 45.4 Å². The van der Waals surface area contributed by atoms with E-state index < -0.39 is 18.2 Å². The second-order valence-corrected chi connectivity index (χ2v) is 6.64. The molecule has 1 aliphatic heterocycles. The highest BCUT2D eigenvalue weighted by atomic mass is 16.6. The van der Waals surface area contributed by atoms with Gasteiger partial charge in [0.2, 0.25) is 0 Å². The van der Waals surface area contributed by atoms with Crippen LogP contribution >= 0.6 is 0 Å². The van der Waals surface area contributed by atoms with Crippen LogP contribution < -0.4 is 10.6 Å². The van der Waals surface area contributed by atoms with Crippen molar-refractivity contribution < 1.29 is 23.9 Å². The van der Waals surface area contributed by atoms with Gasteiger partial charge in [0, 0.05) is 18.2 Å². The maximum Gasteiger partial charge on any atom is 0.338 e. The Morgan fingerprint density at radius 1 is 1.15 bits per heavy atom. The number of ether oxygens (including phenoxy) is 2. The van der Waals surface area contributed by atoms with E-state index in [0.29, 0.717) is 24.4 Å². The minimum atomic E-state index is -0.825. The summed E-state index contributed by atoms with van der Waals surface area (Å²) in [5.74, 6) is -0.747. The van der Waals surface area contributed by atoms with Gasteiger partial charge in [-0.2, -0.15) is 0 Å². The van der Waals surface area contributed by atoms with E-state index in [1.54, 1.807) is 31.2 Å². The van der Waals surface area contributed by atoms with Crippen LogP contribution in [0.3, 0.4) is 0 Å². The highest BCUT2D eigenvalue weighted by Crippen LogP contribution is 2.24. The molecule has 1 heterocycles. The first kappa shape index (κ1) is 19.9. The third-order valence-electron chi connectivity index (χ3n) is 3.92. The topological polar surface area (TPSA) is 97.0 Å². The average Bonchev–Trinajstić information content (AvgIpc) is 3.41. The number of hydrogen-bond acceptors (Lipinski definition) is 5. The monoisotopic (exact) mass is 362 g/mol. The molecule has 1 fully saturated rings. The second kappa shape index (κ2) is 9.33. The van der Waals surface area contributed by atoms with Crippen molar-refractivity contribution in [3.05, 3.63) is 35.9 Å². The van der Waals surface area contributed by atoms with Crippen LogP contribution in [0.1, 0.15) is 37.6 Å². The Morgan fingerprint density at radius 3 is 2.46 bits per heavy atom. The lowest BCUT2D eigenvalue weighted by atomic mass is 10.0. The average molecular weight is 362 g/mol. The zero-order valence-corrected chi connectivity index (χ0v) is 15.4. The summed E-state index contributed by atoms with van der Waals surface area (Å²) < 4.78 is 9.96. The molecule has 3 atom stereocenters. The minimum absolute atomic E-state index is 0.194. The Balaban J connectivity index is 1.86. The number of epoxide rings is 1. The van der Waals surface area contributed by atoms with Gasteiger partial charge in [-0.1, -0.05) is 32.0 Å². The highest BCUT2D eigenvalue weighted by Gasteiger charge is 2.51. The normalized spacial score (nSPS) is 19.5. The molecular formula is C19H26N2O5. The van der Waals surface area contributed by atoms with Crippen LogP contribution in [0.5, 0.6) is 0 Å². The van der Waals surface area contributed by atoms with Crippen molar-refractivity contribution in [1.82, 2.24) is 10.6 Å². The van der Waals surface area contributed by atoms with E-state index >= 15 is 0 Å². The van der Waals surface area contributed by atoms with Crippen LogP contribution in [0.2, 0.25) is 0 Å². The summed E-state index contributed by atoms with van der Waals surface area (Å²) >= 11 is 0. The first-order chi connectivity index (χ1) is 12.4. The molecule has 142 valence electrons. The van der Waals surface area contributed by atoms with E-state index in [1.165, 1.54) is 0 Å². The fourth-order valence-electron chi connectivity index (χ4n) is 2.67. The third-order valence-corrected chi connectivity index (χ3v) is 3.92. The van der Waals surface area contributed by atoms with Crippen molar-refractivity contribution in [2.75, 3.05) is 13.2 Å². The Hall–Kier alpha value is -2.41. The van der Waals surface area contributed by atoms with Gasteiger partial charge in [0.05, 0.1) is 6.61 Å². The van der Waals surface area contributed by atoms with E-state index in [2.05, 4.69) is 10.6 Å². The summed E-state index contributed by atoms with van der Waals surface area (Å²) in [6.45, 7) is 6.31. The molecule has 1 aromatic rings. The summed E-state index contributed by atoms with van der Waals surface area (Å²) in [5.41, 5.74) is 0.565. The van der Waals surface area contributed by atoms with Crippen molar-refractivity contribution in [3.63, 3.8) is 0 Å². The van der Waals surface area contributed by atoms with Gasteiger partial charge < -0.3 is 20.1 Å². The molecule has 0 aliphatic carbocycles. The number of benzene rings is 1. The third kappa shape index (κ3) is 5.84. The first-order valence-electron chi connectivity index (χ1n) is 8.88. The standard InChI is InChI=1S/C19H26N2O5/c1-4-25-19(24)16-15(26-16)18(23)21-14(10-12(2)3)11-20-17(22)13-8-6-5-7-9-13/h5-9,12,14-16H,4,10-11H2,1-3H3,(H,20,22)(H,21,23)/t14-,15-,16-/m0/s1. The number of hydrogen-bond donors (Lipinski definition) is 2. The Morgan fingerprint density at radius 2 is 1.85 bits per heavy atom. The summed E-state index contributed by atoms with van der Waals surface area (Å²) in [6.07, 6.45) is -0.945. The maximum absolute atomic E-state index is 12.3. The van der Waals surface area contributed by atoms with Gasteiger partial charge in [0.15, 0.2) is 12.2 Å². The van der Waals surface area contributed by atoms with Crippen molar-refractivity contribution in [1.29, 1.82) is 0 Å². The van der Waals surface area contributed by atoms with Crippen molar-refractivity contribution in [2.24, 2.45) is 5.92 Å². The van der Waals surface area contributed by atoms with Crippen LogP contribution in [0.25, 0.3) is 0 Å². The molecule has 2 amide bonds. The van der Waals surface area contributed by atoms with Crippen LogP contribution in [-0.4, -0.2) is 49.2 Å². The summed E-state index contributed by atoms with van der Waals surface area (Å²) in [5, 5.41) is 5.69. The van der Waals surface area contributed by atoms with Crippen LogP contribution in [0, 0.1) is 5.92 Å². The van der Waals surface area contributed by atoms with Crippen molar-refractivity contribution in [3.8, 4) is 0 Å². The SMILES string of the molecule is CCOC(=O)[C@H]1O[C@@H]1C(=O)N[C@H](CNC(=O)c1ccccc1)CC(C)C. The molecule has 0 unspecified atom stereocenters. The zero-order valence-electron chi connectivity index (χ0n) is 15.4. The van der Waals surface area contributed by atoms with Crippen LogP contribution in [-0.2, 0) is 19.1 Å². The predicted octanol–water partition coefficient (Wildman–Crippen LogP) is 1.28. The molecule has 26 heavy (non-hydrogen) atoms. The largest absolute Gasteiger partial charge is 0.464 e. The highest BCUT2D eigenvalue weighted by molar-refractivity contribution is 5.94. The molecule has 2 N–H and O–H groups in total. The summed E-state index contributed by atoms with van der Waals surface area (Å²) in [4.78, 5) is 36.0. The molecule has 0 saturated carbocycles. The lowest BCUT2D eigenvalue weighted by Gasteiger charge is -2.21. The number of carbonyl (C=O) groups excluding carboxylic acids is 3. The smallest absolute Gasteiger partial charge is 0.338 e. The Kier molecular flexibility index (Phi) is 7.15. The number of esters is 1. The first-order valence-corrected chi connectivity index (χ1v) is 8.88. The Labute approximate surface area is 153 Å². The molecule has 0 bridgehead atoms. The van der Waals surface area contributed by atoms with Gasteiger partial charge >= 0.3 is 5.97 Å². The molecule has 0 radical (unpaired) electrons. The molecule has 0 spiro atoms. The predicted molar refractivity (Wildman–Crippen MR) is 95.5 cm³/mol. The fourth-order valence-corrected chi connectivity index (χ4v) is 2.67. The second-order valence-electron chi connectivity index (χ2n) is 6.64. The van der Waals surface area contributed by atoms with E-state index in [0.717, 1.165) is 0 Å². The zero-order chi connectivity index (χ0) is 19.1. The molecule has 0 aromatic heterocycles. The molecular weight excluding hydrogens is 336 g/mol. The molecule has 7 heteroatoms. The minimum Gasteiger partial charge on any atom is -0.464 e. The molecule has 1 saturated heterocycles. The number of amides is 2.